The Kier molecular flexibility index (Phi) is 5.87. The molecule has 1 N–H and O–H groups in total. The predicted molar refractivity (Wildman–Crippen MR) is 103 cm³/mol. The molecule has 7 heteroatoms. The minimum Gasteiger partial charge on any atom is -0.336 e. The quantitative estimate of drug-likeness (QED) is 0.851. The van der Waals surface area contributed by atoms with E-state index in [1.165, 1.54) is 21.7 Å². The van der Waals surface area contributed by atoms with Crippen molar-refractivity contribution in [2.75, 3.05) is 32.4 Å². The third-order valence-corrected chi connectivity index (χ3v) is 6.67. The zero-order valence-corrected chi connectivity index (χ0v) is 16.5. The Balaban J connectivity index is 1.43. The van der Waals surface area contributed by atoms with Crippen molar-refractivity contribution in [1.29, 1.82) is 0 Å². The Morgan fingerprint density at radius 3 is 2.73 bits per heavy atom. The van der Waals surface area contributed by atoms with E-state index in [1.807, 2.05) is 4.90 Å². The van der Waals surface area contributed by atoms with Crippen molar-refractivity contribution in [1.82, 2.24) is 14.5 Å². The number of sulfonamides is 1. The van der Waals surface area contributed by atoms with Crippen LogP contribution >= 0.6 is 0 Å². The van der Waals surface area contributed by atoms with Gasteiger partial charge in [0, 0.05) is 32.2 Å². The number of nitrogens with one attached hydrogen (secondary N) is 1. The van der Waals surface area contributed by atoms with Crippen LogP contribution in [0.5, 0.6) is 0 Å². The number of aryl methyl sites for hydroxylation is 1. The third kappa shape index (κ3) is 4.76. The van der Waals surface area contributed by atoms with Gasteiger partial charge in [-0.25, -0.2) is 13.2 Å². The van der Waals surface area contributed by atoms with E-state index in [-0.39, 0.29) is 12.1 Å². The van der Waals surface area contributed by atoms with Crippen molar-refractivity contribution in [3.05, 3.63) is 35.4 Å². The fourth-order valence-electron chi connectivity index (χ4n) is 3.97. The van der Waals surface area contributed by atoms with Gasteiger partial charge in [-0.1, -0.05) is 36.2 Å². The van der Waals surface area contributed by atoms with E-state index >= 15 is 0 Å². The molecule has 6 nitrogen and oxygen atoms in total. The molecule has 2 saturated heterocycles. The van der Waals surface area contributed by atoms with Gasteiger partial charge < -0.3 is 10.2 Å². The zero-order valence-electron chi connectivity index (χ0n) is 15.6. The molecule has 0 saturated carbocycles. The molecule has 2 aliphatic rings. The van der Waals surface area contributed by atoms with Gasteiger partial charge >= 0.3 is 6.03 Å². The number of hydrogen-bond donors (Lipinski definition) is 1. The number of rotatable bonds is 5. The smallest absolute Gasteiger partial charge is 0.317 e. The number of hydrogen-bond acceptors (Lipinski definition) is 3. The van der Waals surface area contributed by atoms with Crippen LogP contribution in [0.15, 0.2) is 24.3 Å². The molecule has 1 atom stereocenters. The molecule has 0 radical (unpaired) electrons. The summed E-state index contributed by atoms with van der Waals surface area (Å²) < 4.78 is 25.3. The van der Waals surface area contributed by atoms with Crippen molar-refractivity contribution in [3.8, 4) is 0 Å². The van der Waals surface area contributed by atoms with Crippen LogP contribution in [0.25, 0.3) is 0 Å². The molecular weight excluding hydrogens is 350 g/mol. The molecule has 1 aromatic rings. The first-order valence-corrected chi connectivity index (χ1v) is 11.2. The first kappa shape index (κ1) is 19.2. The lowest BCUT2D eigenvalue weighted by Gasteiger charge is -2.40. The molecule has 3 rings (SSSR count). The minimum atomic E-state index is -3.21. The summed E-state index contributed by atoms with van der Waals surface area (Å²) in [5, 5.41) is 2.93. The van der Waals surface area contributed by atoms with Crippen molar-refractivity contribution < 1.29 is 13.2 Å². The topological polar surface area (TPSA) is 69.7 Å². The first-order valence-electron chi connectivity index (χ1n) is 9.38. The van der Waals surface area contributed by atoms with Gasteiger partial charge in [0.25, 0.3) is 0 Å². The molecule has 0 spiro atoms. The predicted octanol–water partition coefficient (Wildman–Crippen LogP) is 1.99. The van der Waals surface area contributed by atoms with Gasteiger partial charge in [0.15, 0.2) is 0 Å². The number of nitrogens with zero attached hydrogens (tertiary/aromatic N) is 2. The molecule has 2 heterocycles. The third-order valence-electron chi connectivity index (χ3n) is 5.34. The second-order valence-corrected chi connectivity index (χ2v) is 9.61. The Labute approximate surface area is 156 Å². The molecule has 2 amide bonds. The maximum atomic E-state index is 12.3. The lowest BCUT2D eigenvalue weighted by molar-refractivity contribution is 0.118. The van der Waals surface area contributed by atoms with Crippen molar-refractivity contribution >= 4 is 16.1 Å². The number of carbonyl (C=O) groups is 1. The van der Waals surface area contributed by atoms with Crippen LogP contribution in [0.4, 0.5) is 4.79 Å². The molecular formula is C19H29N3O3S. The molecule has 0 bridgehead atoms. The van der Waals surface area contributed by atoms with E-state index in [1.54, 1.807) is 0 Å². The Bertz CT molecular complexity index is 744. The molecule has 1 aromatic carbocycles. The highest BCUT2D eigenvalue weighted by Gasteiger charge is 2.33. The highest BCUT2D eigenvalue weighted by Crippen LogP contribution is 2.22. The molecule has 144 valence electrons. The van der Waals surface area contributed by atoms with Crippen LogP contribution in [0, 0.1) is 12.8 Å². The highest BCUT2D eigenvalue weighted by atomic mass is 32.2. The Hall–Kier alpha value is -1.60. The van der Waals surface area contributed by atoms with E-state index in [4.69, 9.17) is 0 Å². The average molecular weight is 380 g/mol. The number of urea groups is 1. The van der Waals surface area contributed by atoms with E-state index in [0.717, 1.165) is 38.8 Å². The Morgan fingerprint density at radius 2 is 2.04 bits per heavy atom. The fourth-order valence-corrected chi connectivity index (χ4v) is 5.15. The standard InChI is InChI=1S/C19H29N3O3S/c1-15-6-5-7-16(10-15)11-17-13-21(14-17)19(23)20-12-18-8-3-4-9-22(18)26(2,24)25/h5-7,10,17-18H,3-4,8-9,11-14H2,1-2H3,(H,20,23). The van der Waals surface area contributed by atoms with Crippen LogP contribution < -0.4 is 5.32 Å². The second kappa shape index (κ2) is 7.96. The van der Waals surface area contributed by atoms with Crippen LogP contribution in [-0.4, -0.2) is 62.1 Å². The monoisotopic (exact) mass is 379 g/mol. The van der Waals surface area contributed by atoms with Crippen LogP contribution in [0.3, 0.4) is 0 Å². The van der Waals surface area contributed by atoms with E-state index in [2.05, 4.69) is 36.5 Å². The molecule has 2 fully saturated rings. The SMILES string of the molecule is Cc1cccc(CC2CN(C(=O)NCC3CCCCN3S(C)(=O)=O)C2)c1. The molecule has 26 heavy (non-hydrogen) atoms. The molecule has 0 aromatic heterocycles. The van der Waals surface area contributed by atoms with Crippen LogP contribution in [0.2, 0.25) is 0 Å². The summed E-state index contributed by atoms with van der Waals surface area (Å²) >= 11 is 0. The van der Waals surface area contributed by atoms with Crippen molar-refractivity contribution in [3.63, 3.8) is 0 Å². The van der Waals surface area contributed by atoms with Gasteiger partial charge in [0.05, 0.1) is 6.26 Å². The van der Waals surface area contributed by atoms with Crippen molar-refractivity contribution in [2.45, 2.75) is 38.6 Å². The molecule has 1 unspecified atom stereocenters. The van der Waals surface area contributed by atoms with E-state index in [0.29, 0.717) is 19.0 Å². The minimum absolute atomic E-state index is 0.0792. The van der Waals surface area contributed by atoms with Gasteiger partial charge in [-0.05, 0) is 37.7 Å². The summed E-state index contributed by atoms with van der Waals surface area (Å²) in [6, 6.07) is 8.31. The largest absolute Gasteiger partial charge is 0.336 e. The number of benzene rings is 1. The van der Waals surface area contributed by atoms with Gasteiger partial charge in [0.2, 0.25) is 10.0 Å². The van der Waals surface area contributed by atoms with Crippen LogP contribution in [0.1, 0.15) is 30.4 Å². The molecule has 0 aliphatic carbocycles. The number of carbonyl (C=O) groups excluding carboxylic acids is 1. The van der Waals surface area contributed by atoms with E-state index < -0.39 is 10.0 Å². The lowest BCUT2D eigenvalue weighted by Crippen LogP contribution is -2.56. The maximum Gasteiger partial charge on any atom is 0.317 e. The number of likely N-dealkylation sites (tertiary alicyclic amines) is 1. The van der Waals surface area contributed by atoms with Crippen molar-refractivity contribution in [2.24, 2.45) is 5.92 Å². The summed E-state index contributed by atoms with van der Waals surface area (Å²) in [5.74, 6) is 0.504. The normalized spacial score (nSPS) is 22.1. The highest BCUT2D eigenvalue weighted by molar-refractivity contribution is 7.88. The summed E-state index contributed by atoms with van der Waals surface area (Å²) in [4.78, 5) is 14.1. The zero-order chi connectivity index (χ0) is 18.7. The summed E-state index contributed by atoms with van der Waals surface area (Å²) in [5.41, 5.74) is 2.58. The van der Waals surface area contributed by atoms with Gasteiger partial charge in [0.1, 0.15) is 0 Å². The summed E-state index contributed by atoms with van der Waals surface area (Å²) in [6.45, 7) is 4.57. The number of piperidine rings is 1. The Morgan fingerprint density at radius 1 is 1.27 bits per heavy atom. The summed E-state index contributed by atoms with van der Waals surface area (Å²) in [7, 11) is -3.21. The van der Waals surface area contributed by atoms with Gasteiger partial charge in [-0.15, -0.1) is 0 Å². The molecule has 2 aliphatic heterocycles. The van der Waals surface area contributed by atoms with E-state index in [9.17, 15) is 13.2 Å². The maximum absolute atomic E-state index is 12.3. The average Bonchev–Trinajstić information content (AvgIpc) is 2.55. The van der Waals surface area contributed by atoms with Gasteiger partial charge in [-0.3, -0.25) is 0 Å². The first-order chi connectivity index (χ1) is 12.3. The number of amides is 2. The second-order valence-electron chi connectivity index (χ2n) is 7.67. The van der Waals surface area contributed by atoms with Gasteiger partial charge in [-0.2, -0.15) is 4.31 Å². The summed E-state index contributed by atoms with van der Waals surface area (Å²) in [6.07, 6.45) is 4.96. The fraction of sp³-hybridized carbons (Fsp3) is 0.632. The lowest BCUT2D eigenvalue weighted by atomic mass is 9.92. The van der Waals surface area contributed by atoms with Crippen LogP contribution in [-0.2, 0) is 16.4 Å².